The molecule has 0 heterocycles. The van der Waals surface area contributed by atoms with Gasteiger partial charge in [-0.15, -0.1) is 0 Å². The fourth-order valence-electron chi connectivity index (χ4n) is 17.8. The molecule has 150 heavy (non-hydrogen) atoms. The van der Waals surface area contributed by atoms with Crippen molar-refractivity contribution < 1.29 is 0 Å². The van der Waals surface area contributed by atoms with Crippen LogP contribution in [0.15, 0.2) is 534 Å². The van der Waals surface area contributed by atoms with E-state index in [0.717, 1.165) is 0 Å². The van der Waals surface area contributed by atoms with E-state index in [9.17, 15) is 0 Å². The molecule has 0 radical (unpaired) electrons. The van der Waals surface area contributed by atoms with E-state index in [-0.39, 0.29) is 10.8 Å². The maximum absolute atomic E-state index is 2.31. The number of fused-ring (bicyclic) bond motifs is 24. The summed E-state index contributed by atoms with van der Waals surface area (Å²) in [7, 11) is 0. The minimum absolute atomic E-state index is 0.180. The van der Waals surface area contributed by atoms with Crippen LogP contribution in [0.25, 0.3) is 110 Å². The van der Waals surface area contributed by atoms with Gasteiger partial charge in [-0.3, -0.25) is 0 Å². The van der Waals surface area contributed by atoms with Crippen molar-refractivity contribution in [2.24, 2.45) is 0 Å². The molecule has 0 aliphatic heterocycles. The van der Waals surface area contributed by atoms with Gasteiger partial charge in [0.15, 0.2) is 0 Å². The van der Waals surface area contributed by atoms with Crippen molar-refractivity contribution in [1.82, 2.24) is 0 Å². The molecule has 2 spiro atoms. The Balaban J connectivity index is 0.000000432. The lowest BCUT2D eigenvalue weighted by atomic mass is 9.70. The molecule has 0 unspecified atom stereocenters. The van der Waals surface area contributed by atoms with E-state index in [1.54, 1.807) is 0 Å². The second kappa shape index (κ2) is 77.1. The highest BCUT2D eigenvalue weighted by atomic mass is 14.5. The maximum Gasteiger partial charge on any atom is 0.0725 e. The first-order chi connectivity index (χ1) is 74.4. The Labute approximate surface area is 911 Å². The normalized spacial score (nSPS) is 10.2. The Bertz CT molecular complexity index is 5960. The number of hydrogen-bond acceptors (Lipinski definition) is 0. The van der Waals surface area contributed by atoms with Crippen molar-refractivity contribution in [3.63, 3.8) is 0 Å². The molecule has 0 saturated heterocycles. The molecule has 4 aliphatic carbocycles. The average molecular weight is 1980 g/mol. The van der Waals surface area contributed by atoms with Gasteiger partial charge in [0.2, 0.25) is 0 Å². The molecule has 4 aliphatic rings. The van der Waals surface area contributed by atoms with Crippen LogP contribution in [0.5, 0.6) is 0 Å². The predicted molar refractivity (Wildman–Crippen MR) is 680 cm³/mol. The van der Waals surface area contributed by atoms with Crippen molar-refractivity contribution in [1.29, 1.82) is 0 Å². The van der Waals surface area contributed by atoms with Gasteiger partial charge in [0.25, 0.3) is 0 Å². The van der Waals surface area contributed by atoms with Crippen molar-refractivity contribution in [3.8, 4) is 66.8 Å². The zero-order chi connectivity index (χ0) is 111. The lowest BCUT2D eigenvalue weighted by Crippen LogP contribution is -2.25. The SMILES string of the molecule is CC.CC.CC.CC.CC.CC.CC.CC.CC.CC.CC.CC.CC.CC.Cc1ccccc1.Cc1ccccc1.c1ccc(-c2ccccc2)cc1.c1ccc(-c2ccccc2)cc1.c1ccc2c(c1)-c1ccccc1C21c2ccccc2-c2ccccc21.c1ccc2c(c1)-c1ccccc1C21c2ccccc2-c2ccccc21.c1ccc2cc3ccccc3cc2c1.c1ccc2ccccc2c1.c1ccc2ccccc2c1. The average Bonchev–Trinajstić information content (AvgIpc) is 1.51. The maximum atomic E-state index is 2.31. The predicted octanol–water partition coefficient (Wildman–Crippen LogP) is 46.8. The molecule has 0 aromatic heterocycles. The minimum atomic E-state index is -0.180. The number of aryl methyl sites for hydroxylation is 2. The lowest BCUT2D eigenvalue weighted by Gasteiger charge is -2.30. The van der Waals surface area contributed by atoms with Crippen molar-refractivity contribution >= 4 is 43.1 Å². The van der Waals surface area contributed by atoms with Crippen molar-refractivity contribution in [2.45, 2.75) is 219 Å². The van der Waals surface area contributed by atoms with Crippen LogP contribution in [0.4, 0.5) is 0 Å². The summed E-state index contributed by atoms with van der Waals surface area (Å²) in [5.41, 5.74) is 29.6. The monoisotopic (exact) mass is 1980 g/mol. The highest BCUT2D eigenvalue weighted by Crippen LogP contribution is 2.64. The molecule has 0 atom stereocenters. The molecule has 0 nitrogen and oxygen atoms in total. The van der Waals surface area contributed by atoms with Gasteiger partial charge in [-0.1, -0.05) is 727 Å². The molecule has 0 saturated carbocycles. The van der Waals surface area contributed by atoms with Crippen LogP contribution in [-0.4, -0.2) is 0 Å². The van der Waals surface area contributed by atoms with Gasteiger partial charge in [0.05, 0.1) is 10.8 Å². The summed E-state index contributed by atoms with van der Waals surface area (Å²) in [5.74, 6) is 0. The third-order valence-electron chi connectivity index (χ3n) is 23.4. The van der Waals surface area contributed by atoms with E-state index >= 15 is 0 Å². The van der Waals surface area contributed by atoms with Crippen LogP contribution in [0.3, 0.4) is 0 Å². The number of hydrogen-bond donors (Lipinski definition) is 0. The summed E-state index contributed by atoms with van der Waals surface area (Å²) >= 11 is 0. The Morgan fingerprint density at radius 2 is 0.200 bits per heavy atom. The fraction of sp³-hybridized carbons (Fsp3) is 0.213. The summed E-state index contributed by atoms with van der Waals surface area (Å²) in [6.45, 7) is 60.2. The molecule has 0 fully saturated rings. The van der Waals surface area contributed by atoms with E-state index < -0.39 is 0 Å². The summed E-state index contributed by atoms with van der Waals surface area (Å²) in [6.07, 6.45) is 0. The minimum Gasteiger partial charge on any atom is -0.0683 e. The Hall–Kier alpha value is -15.3. The standard InChI is InChI=1S/2C25H16.C14H10.2C12H10.2C10H8.2C7H8.14C2H6/c2*1-5-13-21-17(9-1)18-10-2-6-14-22(18)25(21)23-15-7-3-11-19(23)20-12-4-8-16-24(20)25;1-2-6-12-10-14-8-4-3-7-13(14)9-11(12)5-1;2*1-3-7-11(8-4-1)12-9-5-2-6-10-12;2*1-2-6-10-8-4-3-7-9(10)5-1;2*1-7-5-3-2-4-6-7;14*1-2/h2*1-16H;1-10H;2*1-10H;2*1-8H;2*2-6H,1H3;14*1-2H3. The van der Waals surface area contributed by atoms with Gasteiger partial charge in [-0.25, -0.2) is 0 Å². The van der Waals surface area contributed by atoms with Crippen LogP contribution in [0.2, 0.25) is 0 Å². The van der Waals surface area contributed by atoms with Gasteiger partial charge in [0.1, 0.15) is 0 Å². The summed E-state index contributed by atoms with van der Waals surface area (Å²) in [4.78, 5) is 0. The first kappa shape index (κ1) is 129. The molecule has 21 aromatic carbocycles. The second-order valence-corrected chi connectivity index (χ2v) is 30.9. The van der Waals surface area contributed by atoms with Crippen LogP contribution >= 0.6 is 0 Å². The molecule has 0 bridgehead atoms. The second-order valence-electron chi connectivity index (χ2n) is 30.9. The van der Waals surface area contributed by atoms with Crippen molar-refractivity contribution in [2.75, 3.05) is 0 Å². The van der Waals surface area contributed by atoms with Crippen molar-refractivity contribution in [3.05, 3.63) is 589 Å². The molecule has 21 aromatic rings. The number of benzene rings is 21. The Morgan fingerprint density at radius 3 is 0.320 bits per heavy atom. The number of rotatable bonds is 2. The first-order valence-corrected chi connectivity index (χ1v) is 56.2. The topological polar surface area (TPSA) is 0 Å². The van der Waals surface area contributed by atoms with Gasteiger partial charge in [-0.05, 0) is 180 Å². The summed E-state index contributed by atoms with van der Waals surface area (Å²) in [6, 6.07) is 188. The third kappa shape index (κ3) is 34.4. The summed E-state index contributed by atoms with van der Waals surface area (Å²) < 4.78 is 0. The fourth-order valence-corrected chi connectivity index (χ4v) is 17.8. The Kier molecular flexibility index (Phi) is 66.2. The first-order valence-electron chi connectivity index (χ1n) is 56.2. The van der Waals surface area contributed by atoms with E-state index in [0.29, 0.717) is 0 Å². The van der Waals surface area contributed by atoms with E-state index in [1.807, 2.05) is 255 Å². The molecule has 0 amide bonds. The van der Waals surface area contributed by atoms with Crippen LogP contribution in [0.1, 0.15) is 249 Å². The molecule has 0 heteroatoms. The van der Waals surface area contributed by atoms with E-state index in [4.69, 9.17) is 0 Å². The highest BCUT2D eigenvalue weighted by Gasteiger charge is 2.53. The van der Waals surface area contributed by atoms with E-state index in [2.05, 4.69) is 487 Å². The molecule has 25 rings (SSSR count). The van der Waals surface area contributed by atoms with Crippen LogP contribution in [-0.2, 0) is 10.8 Å². The molecular formula is C150H178. The largest absolute Gasteiger partial charge is 0.0725 e. The lowest BCUT2D eigenvalue weighted by molar-refractivity contribution is 0.794. The summed E-state index contributed by atoms with van der Waals surface area (Å²) in [5, 5.41) is 10.5. The third-order valence-corrected chi connectivity index (χ3v) is 23.4. The van der Waals surface area contributed by atoms with Crippen LogP contribution in [0, 0.1) is 13.8 Å². The van der Waals surface area contributed by atoms with Gasteiger partial charge in [-0.2, -0.15) is 0 Å². The molecule has 778 valence electrons. The van der Waals surface area contributed by atoms with Gasteiger partial charge in [0, 0.05) is 0 Å². The Morgan fingerprint density at radius 1 is 0.100 bits per heavy atom. The smallest absolute Gasteiger partial charge is 0.0683 e. The molecule has 0 N–H and O–H groups in total. The van der Waals surface area contributed by atoms with Gasteiger partial charge >= 0.3 is 0 Å². The van der Waals surface area contributed by atoms with Gasteiger partial charge < -0.3 is 0 Å². The zero-order valence-corrected chi connectivity index (χ0v) is 96.8. The quantitative estimate of drug-likeness (QED) is 0.151. The molecular weight excluding hydrogens is 1800 g/mol. The van der Waals surface area contributed by atoms with Crippen LogP contribution < -0.4 is 0 Å². The zero-order valence-electron chi connectivity index (χ0n) is 96.8. The highest BCUT2D eigenvalue weighted by molar-refractivity contribution is 5.99. The van der Waals surface area contributed by atoms with E-state index in [1.165, 1.54) is 165 Å².